The minimum Gasteiger partial charge on any atom is -0.488 e. The third-order valence-electron chi connectivity index (χ3n) is 7.98. The minimum atomic E-state index is -1.05. The number of aliphatic imine (C=N–C) groups is 1. The number of carbonyl (C=O) groups is 1. The molecule has 1 aromatic heterocycles. The van der Waals surface area contributed by atoms with Gasteiger partial charge in [-0.3, -0.25) is 14.6 Å². The number of amides is 1. The minimum absolute atomic E-state index is 0.00901. The van der Waals surface area contributed by atoms with Crippen molar-refractivity contribution in [1.82, 2.24) is 14.8 Å². The van der Waals surface area contributed by atoms with Gasteiger partial charge in [0, 0.05) is 43.4 Å². The number of aromatic amines is 1. The number of anilines is 1. The lowest BCUT2D eigenvalue weighted by molar-refractivity contribution is 0.0617. The van der Waals surface area contributed by atoms with Gasteiger partial charge in [-0.05, 0) is 68.4 Å². The molecule has 214 valence electrons. The second-order valence-corrected chi connectivity index (χ2v) is 10.9. The molecule has 0 unspecified atom stereocenters. The molecule has 1 saturated heterocycles. The summed E-state index contributed by atoms with van der Waals surface area (Å²) in [5.74, 6) is -1.71. The fourth-order valence-electron chi connectivity index (χ4n) is 5.76. The van der Waals surface area contributed by atoms with Crippen LogP contribution in [-0.2, 0) is 13.0 Å². The predicted octanol–water partition coefficient (Wildman–Crippen LogP) is 3.23. The van der Waals surface area contributed by atoms with Gasteiger partial charge in [0.05, 0.1) is 22.6 Å². The van der Waals surface area contributed by atoms with Crippen molar-refractivity contribution in [3.05, 3.63) is 86.8 Å². The van der Waals surface area contributed by atoms with E-state index in [-0.39, 0.29) is 36.4 Å². The number of aliphatic hydroxyl groups is 1. The summed E-state index contributed by atoms with van der Waals surface area (Å²) in [6, 6.07) is 8.74. The van der Waals surface area contributed by atoms with E-state index in [4.69, 9.17) is 9.73 Å². The molecule has 0 spiro atoms. The molecule has 11 heteroatoms. The average Bonchev–Trinajstić information content (AvgIpc) is 3.50. The number of hydrogen-bond acceptors (Lipinski definition) is 7. The summed E-state index contributed by atoms with van der Waals surface area (Å²) < 4.78 is 32.2. The van der Waals surface area contributed by atoms with Crippen LogP contribution in [0.25, 0.3) is 0 Å². The average molecular weight is 564 g/mol. The molecule has 0 aliphatic carbocycles. The molecule has 0 saturated carbocycles. The fraction of sp³-hybridized carbons (Fsp3) is 0.367. The molecule has 0 bridgehead atoms. The van der Waals surface area contributed by atoms with E-state index in [1.165, 1.54) is 6.20 Å². The van der Waals surface area contributed by atoms with E-state index in [9.17, 15) is 23.5 Å². The van der Waals surface area contributed by atoms with Gasteiger partial charge >= 0.3 is 0 Å². The fourth-order valence-corrected chi connectivity index (χ4v) is 5.76. The van der Waals surface area contributed by atoms with Gasteiger partial charge in [-0.15, -0.1) is 0 Å². The van der Waals surface area contributed by atoms with E-state index < -0.39 is 17.7 Å². The van der Waals surface area contributed by atoms with Crippen molar-refractivity contribution >= 4 is 23.0 Å². The topological polar surface area (TPSA) is 110 Å². The summed E-state index contributed by atoms with van der Waals surface area (Å²) in [5, 5.41) is 13.5. The molecule has 3 N–H and O–H groups in total. The second kappa shape index (κ2) is 11.1. The van der Waals surface area contributed by atoms with Crippen molar-refractivity contribution in [2.24, 2.45) is 4.99 Å². The van der Waals surface area contributed by atoms with E-state index in [0.717, 1.165) is 49.2 Å². The number of likely N-dealkylation sites (tertiary alicyclic amines) is 1. The Balaban J connectivity index is 1.15. The van der Waals surface area contributed by atoms with Crippen molar-refractivity contribution in [2.75, 3.05) is 38.6 Å². The number of carbonyl (C=O) groups excluding carboxylic acids is 1. The van der Waals surface area contributed by atoms with Crippen LogP contribution in [0.5, 0.6) is 5.75 Å². The zero-order chi connectivity index (χ0) is 28.7. The van der Waals surface area contributed by atoms with Crippen LogP contribution < -0.4 is 15.6 Å². The molecular weight excluding hydrogens is 532 g/mol. The molecule has 0 radical (unpaired) electrons. The summed E-state index contributed by atoms with van der Waals surface area (Å²) in [4.78, 5) is 37.9. The van der Waals surface area contributed by atoms with Crippen molar-refractivity contribution < 1.29 is 23.4 Å². The van der Waals surface area contributed by atoms with Crippen molar-refractivity contribution in [3.8, 4) is 5.75 Å². The van der Waals surface area contributed by atoms with Gasteiger partial charge in [0.15, 0.2) is 11.6 Å². The number of piperidine rings is 1. The number of H-pyrrole nitrogens is 1. The van der Waals surface area contributed by atoms with Crippen LogP contribution in [0.1, 0.15) is 39.9 Å². The largest absolute Gasteiger partial charge is 0.488 e. The van der Waals surface area contributed by atoms with Crippen molar-refractivity contribution in [1.29, 1.82) is 0 Å². The number of fused-ring (bicyclic) bond motifs is 2. The predicted molar refractivity (Wildman–Crippen MR) is 150 cm³/mol. The van der Waals surface area contributed by atoms with Gasteiger partial charge in [-0.25, -0.2) is 8.78 Å². The molecular formula is C30H31F2N5O4. The van der Waals surface area contributed by atoms with Crippen LogP contribution in [0.2, 0.25) is 0 Å². The number of nitrogens with zero attached hydrogens (tertiary/aromatic N) is 3. The lowest BCUT2D eigenvalue weighted by atomic mass is 10.00. The zero-order valence-corrected chi connectivity index (χ0v) is 22.6. The Bertz CT molecular complexity index is 1580. The SMILES string of the molecule is CN1CCC(N2Cc3cc4c(cc3C2=O)N=C(c2c(NC[C@@H](O)COc3ccc(F)cc3F)cc[nH]c2=O)C4)CC1. The first-order valence-electron chi connectivity index (χ1n) is 13.7. The highest BCUT2D eigenvalue weighted by molar-refractivity contribution is 6.10. The molecule has 9 nitrogen and oxygen atoms in total. The molecule has 3 aliphatic rings. The Morgan fingerprint density at radius 3 is 2.73 bits per heavy atom. The zero-order valence-electron chi connectivity index (χ0n) is 22.6. The number of aliphatic hydroxyl groups excluding tert-OH is 1. The number of halogens is 2. The van der Waals surface area contributed by atoms with Crippen LogP contribution in [0, 0.1) is 11.6 Å². The molecule has 3 aliphatic heterocycles. The first-order valence-corrected chi connectivity index (χ1v) is 13.7. The number of benzene rings is 2. The number of aromatic nitrogens is 1. The third kappa shape index (κ3) is 5.47. The summed E-state index contributed by atoms with van der Waals surface area (Å²) in [6.45, 7) is 2.32. The first kappa shape index (κ1) is 27.1. The van der Waals surface area contributed by atoms with Gasteiger partial charge in [0.2, 0.25) is 0 Å². The van der Waals surface area contributed by atoms with E-state index in [1.54, 1.807) is 6.07 Å². The Kier molecular flexibility index (Phi) is 7.31. The highest BCUT2D eigenvalue weighted by Gasteiger charge is 2.35. The molecule has 3 aromatic rings. The van der Waals surface area contributed by atoms with Gasteiger partial charge in [-0.1, -0.05) is 6.07 Å². The smallest absolute Gasteiger partial charge is 0.259 e. The van der Waals surface area contributed by atoms with Gasteiger partial charge in [0.1, 0.15) is 18.5 Å². The number of hydrogen-bond donors (Lipinski definition) is 3. The molecule has 6 rings (SSSR count). The van der Waals surface area contributed by atoms with E-state index >= 15 is 0 Å². The lowest BCUT2D eigenvalue weighted by Crippen LogP contribution is -2.43. The third-order valence-corrected chi connectivity index (χ3v) is 7.98. The number of nitrogens with one attached hydrogen (secondary N) is 2. The first-order chi connectivity index (χ1) is 19.8. The van der Waals surface area contributed by atoms with Crippen LogP contribution in [0.15, 0.2) is 52.4 Å². The monoisotopic (exact) mass is 563 g/mol. The quantitative estimate of drug-likeness (QED) is 0.388. The van der Waals surface area contributed by atoms with Crippen LogP contribution >= 0.6 is 0 Å². The summed E-state index contributed by atoms with van der Waals surface area (Å²) in [6.07, 6.45) is 2.82. The normalized spacial score (nSPS) is 17.8. The van der Waals surface area contributed by atoms with Crippen molar-refractivity contribution in [2.45, 2.75) is 38.0 Å². The summed E-state index contributed by atoms with van der Waals surface area (Å²) >= 11 is 0. The van der Waals surface area contributed by atoms with Gasteiger partial charge in [0.25, 0.3) is 11.5 Å². The Labute approximate surface area is 235 Å². The van der Waals surface area contributed by atoms with Crippen LogP contribution in [0.4, 0.5) is 20.2 Å². The van der Waals surface area contributed by atoms with Gasteiger partial charge in [-0.2, -0.15) is 0 Å². The molecule has 41 heavy (non-hydrogen) atoms. The molecule has 1 fully saturated rings. The van der Waals surface area contributed by atoms with Gasteiger partial charge < -0.3 is 29.9 Å². The van der Waals surface area contributed by atoms with Crippen LogP contribution in [0.3, 0.4) is 0 Å². The highest BCUT2D eigenvalue weighted by atomic mass is 19.1. The highest BCUT2D eigenvalue weighted by Crippen LogP contribution is 2.37. The van der Waals surface area contributed by atoms with Crippen LogP contribution in [-0.4, -0.2) is 76.9 Å². The van der Waals surface area contributed by atoms with Crippen molar-refractivity contribution in [3.63, 3.8) is 0 Å². The number of pyridine rings is 1. The van der Waals surface area contributed by atoms with E-state index in [1.807, 2.05) is 17.0 Å². The maximum atomic E-state index is 13.8. The molecule has 4 heterocycles. The Morgan fingerprint density at radius 2 is 1.95 bits per heavy atom. The standard InChI is InChI=1S/C30H31F2N5O4/c1-36-8-5-20(6-9-36)37-15-18-10-17-11-26(35-25(17)13-22(18)30(37)40)28-24(4-7-33-29(28)39)34-14-21(38)16-41-27-3-2-19(31)12-23(27)32/h2-4,7,10,12-13,20-21,38H,5-6,8-9,11,14-16H2,1H3,(H2,33,34,39)/t21-/m1/s1. The number of ether oxygens (including phenoxy) is 1. The molecule has 2 aromatic carbocycles. The van der Waals surface area contributed by atoms with E-state index in [0.29, 0.717) is 47.2 Å². The summed E-state index contributed by atoms with van der Waals surface area (Å²) in [5.41, 5.74) is 4.36. The maximum Gasteiger partial charge on any atom is 0.259 e. The Hall–Kier alpha value is -4.09. The van der Waals surface area contributed by atoms with E-state index in [2.05, 4.69) is 22.2 Å². The Morgan fingerprint density at radius 1 is 1.15 bits per heavy atom. The molecule has 1 amide bonds. The lowest BCUT2D eigenvalue weighted by Gasteiger charge is -2.34. The maximum absolute atomic E-state index is 13.8. The second-order valence-electron chi connectivity index (χ2n) is 10.9. The summed E-state index contributed by atoms with van der Waals surface area (Å²) in [7, 11) is 2.10. The number of rotatable bonds is 8. The molecule has 1 atom stereocenters.